The summed E-state index contributed by atoms with van der Waals surface area (Å²) in [6.45, 7) is 1.09. The minimum absolute atomic E-state index is 0.0739. The lowest BCUT2D eigenvalue weighted by atomic mass is 9.50. The van der Waals surface area contributed by atoms with Crippen molar-refractivity contribution in [3.63, 3.8) is 0 Å². The Bertz CT molecular complexity index is 991. The summed E-state index contributed by atoms with van der Waals surface area (Å²) >= 11 is 1.72. The van der Waals surface area contributed by atoms with Crippen LogP contribution >= 0.6 is 11.3 Å². The van der Waals surface area contributed by atoms with Crippen molar-refractivity contribution in [2.75, 3.05) is 19.3 Å². The molecule has 5 fully saturated rings. The van der Waals surface area contributed by atoms with Gasteiger partial charge >= 0.3 is 0 Å². The predicted molar refractivity (Wildman–Crippen MR) is 107 cm³/mol. The molecule has 3 heterocycles. The lowest BCUT2D eigenvalue weighted by Crippen LogP contribution is -2.48. The molecule has 0 N–H and O–H groups in total. The van der Waals surface area contributed by atoms with E-state index in [-0.39, 0.29) is 11.3 Å². The van der Waals surface area contributed by atoms with E-state index in [4.69, 9.17) is 5.10 Å². The van der Waals surface area contributed by atoms with Gasteiger partial charge < -0.3 is 0 Å². The van der Waals surface area contributed by atoms with E-state index in [0.717, 1.165) is 41.4 Å². The summed E-state index contributed by atoms with van der Waals surface area (Å²) in [6.07, 6.45) is 11.3. The van der Waals surface area contributed by atoms with Crippen LogP contribution in [0.25, 0.3) is 4.96 Å². The lowest BCUT2D eigenvalue weighted by Gasteiger charge is -2.55. The fourth-order valence-electron chi connectivity index (χ4n) is 6.93. The summed E-state index contributed by atoms with van der Waals surface area (Å²) in [5.41, 5.74) is 0.267. The number of hydrogen-bond donors (Lipinski definition) is 0. The van der Waals surface area contributed by atoms with Gasteiger partial charge in [0.05, 0.1) is 6.26 Å². The van der Waals surface area contributed by atoms with Gasteiger partial charge in [0.25, 0.3) is 0 Å². The Morgan fingerprint density at radius 3 is 2.39 bits per heavy atom. The number of nitrogens with zero attached hydrogens (tertiary/aromatic N) is 5. The molecular weight excluding hydrogens is 394 g/mol. The molecule has 28 heavy (non-hydrogen) atoms. The average Bonchev–Trinajstić information content (AvgIpc) is 3.21. The minimum Gasteiger partial charge on any atom is -0.213 e. The fourth-order valence-corrected chi connectivity index (χ4v) is 8.90. The van der Waals surface area contributed by atoms with E-state index in [9.17, 15) is 8.42 Å². The minimum atomic E-state index is -3.17. The molecular formula is C19H27N5O2S2. The first kappa shape index (κ1) is 17.8. The van der Waals surface area contributed by atoms with Crippen molar-refractivity contribution in [3.05, 3.63) is 10.8 Å². The van der Waals surface area contributed by atoms with Crippen LogP contribution in [0.4, 0.5) is 0 Å². The molecule has 4 aliphatic carbocycles. The maximum absolute atomic E-state index is 12.0. The summed E-state index contributed by atoms with van der Waals surface area (Å²) in [4.78, 5) is 0.872. The summed E-state index contributed by atoms with van der Waals surface area (Å²) in [5, 5.41) is 15.2. The first-order valence-electron chi connectivity index (χ1n) is 10.6. The Balaban J connectivity index is 1.34. The Morgan fingerprint density at radius 2 is 1.75 bits per heavy atom. The second kappa shape index (κ2) is 5.98. The summed E-state index contributed by atoms with van der Waals surface area (Å²) in [5.74, 6) is 3.59. The van der Waals surface area contributed by atoms with Crippen LogP contribution in [0.2, 0.25) is 0 Å². The van der Waals surface area contributed by atoms with Crippen LogP contribution in [0.5, 0.6) is 0 Å². The second-order valence-corrected chi connectivity index (χ2v) is 12.8. The highest BCUT2D eigenvalue weighted by atomic mass is 32.2. The molecule has 9 heteroatoms. The molecule has 7 nitrogen and oxygen atoms in total. The number of sulfonamides is 1. The van der Waals surface area contributed by atoms with Crippen molar-refractivity contribution in [1.29, 1.82) is 0 Å². The van der Waals surface area contributed by atoms with Crippen LogP contribution < -0.4 is 0 Å². The zero-order valence-electron chi connectivity index (χ0n) is 16.2. The number of aromatic nitrogens is 4. The molecule has 2 aromatic heterocycles. The van der Waals surface area contributed by atoms with Gasteiger partial charge in [-0.05, 0) is 69.1 Å². The number of rotatable bonds is 3. The van der Waals surface area contributed by atoms with Crippen molar-refractivity contribution in [1.82, 2.24) is 24.1 Å². The molecule has 1 unspecified atom stereocenters. The normalized spacial score (nSPS) is 38.5. The molecule has 1 aliphatic heterocycles. The third-order valence-corrected chi connectivity index (χ3v) is 10.1. The van der Waals surface area contributed by atoms with E-state index in [1.165, 1.54) is 49.8 Å². The highest BCUT2D eigenvalue weighted by Crippen LogP contribution is 2.61. The lowest BCUT2D eigenvalue weighted by molar-refractivity contribution is -0.00568. The first-order chi connectivity index (χ1) is 13.4. The third-order valence-electron chi connectivity index (χ3n) is 7.73. The Hall–Kier alpha value is -1.06. The van der Waals surface area contributed by atoms with E-state index < -0.39 is 10.0 Å². The molecule has 1 atom stereocenters. The SMILES string of the molecule is CS(=O)(=O)N1CCCC(c2nnc3sc(C45CC6CC(CC(C6)C4)C5)nn23)C1. The quantitative estimate of drug-likeness (QED) is 0.761. The van der Waals surface area contributed by atoms with Crippen LogP contribution in [0.3, 0.4) is 0 Å². The summed E-state index contributed by atoms with van der Waals surface area (Å²) < 4.78 is 27.5. The van der Waals surface area contributed by atoms with E-state index in [2.05, 4.69) is 10.2 Å². The Labute approximate surface area is 169 Å². The van der Waals surface area contributed by atoms with Gasteiger partial charge in [-0.1, -0.05) is 11.3 Å². The van der Waals surface area contributed by atoms with Crippen molar-refractivity contribution >= 4 is 26.3 Å². The molecule has 4 bridgehead atoms. The molecule has 1 saturated heterocycles. The maximum Gasteiger partial charge on any atom is 0.234 e. The van der Waals surface area contributed by atoms with Crippen molar-refractivity contribution in [2.24, 2.45) is 17.8 Å². The molecule has 7 rings (SSSR count). The fraction of sp³-hybridized carbons (Fsp3) is 0.842. The maximum atomic E-state index is 12.0. The van der Waals surface area contributed by atoms with Gasteiger partial charge in [0, 0.05) is 24.4 Å². The number of piperidine rings is 1. The van der Waals surface area contributed by atoms with Gasteiger partial charge in [0.2, 0.25) is 15.0 Å². The van der Waals surface area contributed by atoms with Crippen LogP contribution in [-0.4, -0.2) is 51.9 Å². The highest BCUT2D eigenvalue weighted by Gasteiger charge is 2.53. The van der Waals surface area contributed by atoms with Crippen molar-refractivity contribution in [2.45, 2.75) is 62.7 Å². The predicted octanol–water partition coefficient (Wildman–Crippen LogP) is 2.79. The average molecular weight is 422 g/mol. The second-order valence-electron chi connectivity index (χ2n) is 9.82. The molecule has 2 aromatic rings. The van der Waals surface area contributed by atoms with Gasteiger partial charge in [0.15, 0.2) is 5.82 Å². The van der Waals surface area contributed by atoms with E-state index in [1.807, 2.05) is 4.52 Å². The number of hydrogen-bond acceptors (Lipinski definition) is 6. The van der Waals surface area contributed by atoms with Gasteiger partial charge in [0.1, 0.15) is 5.01 Å². The zero-order valence-corrected chi connectivity index (χ0v) is 17.9. The van der Waals surface area contributed by atoms with Gasteiger partial charge in [-0.15, -0.1) is 10.2 Å². The Kier molecular flexibility index (Phi) is 3.80. The third kappa shape index (κ3) is 2.69. The van der Waals surface area contributed by atoms with Crippen LogP contribution in [0.15, 0.2) is 0 Å². The summed E-state index contributed by atoms with van der Waals surface area (Å²) in [6, 6.07) is 0. The largest absolute Gasteiger partial charge is 0.234 e. The van der Waals surface area contributed by atoms with Crippen LogP contribution in [0, 0.1) is 17.8 Å². The van der Waals surface area contributed by atoms with Crippen LogP contribution in [-0.2, 0) is 15.4 Å². The smallest absolute Gasteiger partial charge is 0.213 e. The molecule has 0 radical (unpaired) electrons. The first-order valence-corrected chi connectivity index (χ1v) is 13.2. The van der Waals surface area contributed by atoms with Crippen molar-refractivity contribution in [3.8, 4) is 0 Å². The molecule has 0 amide bonds. The van der Waals surface area contributed by atoms with Gasteiger partial charge in [-0.3, -0.25) is 0 Å². The molecule has 0 aromatic carbocycles. The van der Waals surface area contributed by atoms with E-state index in [0.29, 0.717) is 13.1 Å². The highest BCUT2D eigenvalue weighted by molar-refractivity contribution is 7.88. The number of fused-ring (bicyclic) bond motifs is 1. The van der Waals surface area contributed by atoms with Crippen molar-refractivity contribution < 1.29 is 8.42 Å². The standard InChI is InChI=1S/C19H27N5O2S2/c1-28(25,26)23-4-2-3-15(11-23)16-20-21-18-24(16)22-17(27-18)19-8-12-5-13(9-19)7-14(6-12)10-19/h12-15H,2-11H2,1H3. The molecule has 5 aliphatic rings. The zero-order chi connectivity index (χ0) is 19.1. The molecule has 0 spiro atoms. The Morgan fingerprint density at radius 1 is 1.07 bits per heavy atom. The summed E-state index contributed by atoms with van der Waals surface area (Å²) in [7, 11) is -3.17. The molecule has 152 valence electrons. The van der Waals surface area contributed by atoms with Crippen LogP contribution in [0.1, 0.15) is 68.1 Å². The van der Waals surface area contributed by atoms with E-state index in [1.54, 1.807) is 15.6 Å². The monoisotopic (exact) mass is 421 g/mol. The topological polar surface area (TPSA) is 80.5 Å². The van der Waals surface area contributed by atoms with Gasteiger partial charge in [-0.2, -0.15) is 9.61 Å². The van der Waals surface area contributed by atoms with E-state index >= 15 is 0 Å². The molecule has 4 saturated carbocycles. The van der Waals surface area contributed by atoms with Gasteiger partial charge in [-0.25, -0.2) is 12.7 Å².